The molecule has 18 heavy (non-hydrogen) atoms. The molecule has 1 aliphatic heterocycles. The third kappa shape index (κ3) is 2.37. The zero-order chi connectivity index (χ0) is 13.1. The van der Waals surface area contributed by atoms with Crippen molar-refractivity contribution in [1.82, 2.24) is 5.32 Å². The highest BCUT2D eigenvalue weighted by atomic mass is 16.5. The summed E-state index contributed by atoms with van der Waals surface area (Å²) in [6.45, 7) is 0. The molecule has 0 saturated carbocycles. The summed E-state index contributed by atoms with van der Waals surface area (Å²) in [7, 11) is 1.20. The van der Waals surface area contributed by atoms with E-state index in [4.69, 9.17) is 5.11 Å². The number of benzene rings is 1. The van der Waals surface area contributed by atoms with Gasteiger partial charge in [0.1, 0.15) is 6.04 Å². The van der Waals surface area contributed by atoms with Crippen molar-refractivity contribution in [3.05, 3.63) is 29.8 Å². The molecule has 1 aliphatic rings. The summed E-state index contributed by atoms with van der Waals surface area (Å²) in [5.74, 6) is -1.09. The lowest BCUT2D eigenvalue weighted by molar-refractivity contribution is -0.139. The number of carboxylic acids is 1. The second-order valence-corrected chi connectivity index (χ2v) is 4.06. The summed E-state index contributed by atoms with van der Waals surface area (Å²) >= 11 is 0. The molecule has 0 fully saturated rings. The number of para-hydroxylation sites is 1. The summed E-state index contributed by atoms with van der Waals surface area (Å²) in [5.41, 5.74) is 1.95. The number of rotatable bonds is 3. The zero-order valence-corrected chi connectivity index (χ0v) is 9.84. The van der Waals surface area contributed by atoms with E-state index in [1.807, 2.05) is 24.3 Å². The Kier molecular flexibility index (Phi) is 3.36. The molecule has 1 amide bonds. The Labute approximate surface area is 104 Å². The predicted octanol–water partition coefficient (Wildman–Crippen LogP) is 0.832. The fraction of sp³-hybridized carbons (Fsp3) is 0.333. The smallest absolute Gasteiger partial charge is 0.407 e. The standard InChI is InChI=1S/C12H14N2O4/c1-18-12(17)14-10(11(15)16)9-6-7-4-2-3-5-8(7)13-9/h2-5,9-10,13H,6H2,1H3,(H,14,17)(H,15,16)/t9?,10-/m0/s1. The number of hydrogen-bond donors (Lipinski definition) is 3. The van der Waals surface area contributed by atoms with E-state index in [0.29, 0.717) is 6.42 Å². The highest BCUT2D eigenvalue weighted by Gasteiger charge is 2.34. The van der Waals surface area contributed by atoms with Gasteiger partial charge in [0.25, 0.3) is 0 Å². The lowest BCUT2D eigenvalue weighted by Gasteiger charge is -2.20. The fourth-order valence-electron chi connectivity index (χ4n) is 2.05. The highest BCUT2D eigenvalue weighted by molar-refractivity contribution is 5.82. The molecule has 0 spiro atoms. The van der Waals surface area contributed by atoms with Crippen LogP contribution in [-0.2, 0) is 16.0 Å². The van der Waals surface area contributed by atoms with Crippen LogP contribution in [-0.4, -0.2) is 36.4 Å². The monoisotopic (exact) mass is 250 g/mol. The summed E-state index contributed by atoms with van der Waals surface area (Å²) < 4.78 is 4.43. The van der Waals surface area contributed by atoms with E-state index in [1.54, 1.807) is 0 Å². The van der Waals surface area contributed by atoms with Gasteiger partial charge in [0.15, 0.2) is 0 Å². The number of anilines is 1. The average molecular weight is 250 g/mol. The second kappa shape index (κ2) is 4.95. The SMILES string of the molecule is COC(=O)N[C@H](C(=O)O)C1Cc2ccccc2N1. The number of aliphatic carboxylic acids is 1. The Hall–Kier alpha value is -2.24. The number of nitrogens with one attached hydrogen (secondary N) is 2. The molecule has 2 rings (SSSR count). The molecule has 3 N–H and O–H groups in total. The number of methoxy groups -OCH3 is 1. The van der Waals surface area contributed by atoms with Crippen LogP contribution in [0.5, 0.6) is 0 Å². The number of carbonyl (C=O) groups excluding carboxylic acids is 1. The lowest BCUT2D eigenvalue weighted by Crippen LogP contribution is -2.51. The topological polar surface area (TPSA) is 87.7 Å². The Morgan fingerprint density at radius 1 is 1.50 bits per heavy atom. The van der Waals surface area contributed by atoms with Crippen molar-refractivity contribution in [3.8, 4) is 0 Å². The van der Waals surface area contributed by atoms with Crippen molar-refractivity contribution in [2.24, 2.45) is 0 Å². The highest BCUT2D eigenvalue weighted by Crippen LogP contribution is 2.26. The van der Waals surface area contributed by atoms with Crippen LogP contribution >= 0.6 is 0 Å². The van der Waals surface area contributed by atoms with E-state index >= 15 is 0 Å². The van der Waals surface area contributed by atoms with Crippen molar-refractivity contribution < 1.29 is 19.4 Å². The van der Waals surface area contributed by atoms with Crippen molar-refractivity contribution >= 4 is 17.7 Å². The van der Waals surface area contributed by atoms with Gasteiger partial charge < -0.3 is 20.5 Å². The van der Waals surface area contributed by atoms with Gasteiger partial charge in [0, 0.05) is 5.69 Å². The van der Waals surface area contributed by atoms with E-state index in [1.165, 1.54) is 7.11 Å². The van der Waals surface area contributed by atoms with Gasteiger partial charge >= 0.3 is 12.1 Å². The van der Waals surface area contributed by atoms with E-state index < -0.39 is 18.1 Å². The largest absolute Gasteiger partial charge is 0.480 e. The predicted molar refractivity (Wildman–Crippen MR) is 64.5 cm³/mol. The van der Waals surface area contributed by atoms with Crippen molar-refractivity contribution in [3.63, 3.8) is 0 Å². The first-order valence-electron chi connectivity index (χ1n) is 5.53. The number of carbonyl (C=O) groups is 2. The van der Waals surface area contributed by atoms with Crippen molar-refractivity contribution in [2.45, 2.75) is 18.5 Å². The van der Waals surface area contributed by atoms with Crippen LogP contribution in [0.4, 0.5) is 10.5 Å². The zero-order valence-electron chi connectivity index (χ0n) is 9.84. The van der Waals surface area contributed by atoms with Crippen LogP contribution < -0.4 is 10.6 Å². The first-order chi connectivity index (χ1) is 8.61. The first-order valence-corrected chi connectivity index (χ1v) is 5.53. The third-order valence-corrected chi connectivity index (χ3v) is 2.93. The van der Waals surface area contributed by atoms with Gasteiger partial charge in [-0.2, -0.15) is 0 Å². The molecule has 0 aromatic heterocycles. The molecule has 0 saturated heterocycles. The first kappa shape index (κ1) is 12.2. The van der Waals surface area contributed by atoms with Gasteiger partial charge in [0.05, 0.1) is 13.2 Å². The molecule has 2 atom stereocenters. The van der Waals surface area contributed by atoms with Gasteiger partial charge in [-0.05, 0) is 18.1 Å². The minimum absolute atomic E-state index is 0.376. The van der Waals surface area contributed by atoms with Crippen LogP contribution in [0.3, 0.4) is 0 Å². The molecule has 6 nitrogen and oxygen atoms in total. The normalized spacial score (nSPS) is 18.4. The van der Waals surface area contributed by atoms with Crippen molar-refractivity contribution in [2.75, 3.05) is 12.4 Å². The second-order valence-electron chi connectivity index (χ2n) is 4.06. The summed E-state index contributed by atoms with van der Waals surface area (Å²) in [4.78, 5) is 22.3. The number of ether oxygens (including phenoxy) is 1. The quantitative estimate of drug-likeness (QED) is 0.739. The van der Waals surface area contributed by atoms with E-state index in [0.717, 1.165) is 11.3 Å². The van der Waals surface area contributed by atoms with Gasteiger partial charge in [-0.25, -0.2) is 9.59 Å². The third-order valence-electron chi connectivity index (χ3n) is 2.93. The molecule has 1 aromatic carbocycles. The van der Waals surface area contributed by atoms with E-state index in [-0.39, 0.29) is 6.04 Å². The number of carboxylic acid groups (broad SMARTS) is 1. The van der Waals surface area contributed by atoms with Gasteiger partial charge in [-0.15, -0.1) is 0 Å². The molecule has 6 heteroatoms. The molecular weight excluding hydrogens is 236 g/mol. The van der Waals surface area contributed by atoms with Gasteiger partial charge in [-0.1, -0.05) is 18.2 Å². The minimum atomic E-state index is -1.09. The number of amides is 1. The molecule has 1 heterocycles. The summed E-state index contributed by atoms with van der Waals surface area (Å²) in [6, 6.07) is 6.18. The van der Waals surface area contributed by atoms with Crippen molar-refractivity contribution in [1.29, 1.82) is 0 Å². The molecule has 0 bridgehead atoms. The van der Waals surface area contributed by atoms with Crippen LogP contribution in [0, 0.1) is 0 Å². The Balaban J connectivity index is 2.11. The van der Waals surface area contributed by atoms with E-state index in [9.17, 15) is 9.59 Å². The molecule has 96 valence electrons. The Morgan fingerprint density at radius 2 is 2.22 bits per heavy atom. The maximum absolute atomic E-state index is 11.2. The fourth-order valence-corrected chi connectivity index (χ4v) is 2.05. The number of alkyl carbamates (subject to hydrolysis) is 1. The molecule has 1 aromatic rings. The summed E-state index contributed by atoms with van der Waals surface area (Å²) in [6.07, 6.45) is -0.197. The maximum atomic E-state index is 11.2. The van der Waals surface area contributed by atoms with E-state index in [2.05, 4.69) is 15.4 Å². The van der Waals surface area contributed by atoms with Gasteiger partial charge in [0.2, 0.25) is 0 Å². The Bertz CT molecular complexity index is 450. The molecule has 1 unspecified atom stereocenters. The molecule has 0 aliphatic carbocycles. The number of fused-ring (bicyclic) bond motifs is 1. The van der Waals surface area contributed by atoms with Crippen LogP contribution in [0.15, 0.2) is 24.3 Å². The molecule has 0 radical (unpaired) electrons. The average Bonchev–Trinajstić information content (AvgIpc) is 2.78. The molecular formula is C12H14N2O4. The number of hydrogen-bond acceptors (Lipinski definition) is 4. The Morgan fingerprint density at radius 3 is 2.83 bits per heavy atom. The minimum Gasteiger partial charge on any atom is -0.480 e. The van der Waals surface area contributed by atoms with Gasteiger partial charge in [-0.3, -0.25) is 0 Å². The van der Waals surface area contributed by atoms with Crippen LogP contribution in [0.1, 0.15) is 5.56 Å². The lowest BCUT2D eigenvalue weighted by atomic mass is 10.0. The van der Waals surface area contributed by atoms with Crippen LogP contribution in [0.2, 0.25) is 0 Å². The van der Waals surface area contributed by atoms with Crippen LogP contribution in [0.25, 0.3) is 0 Å². The maximum Gasteiger partial charge on any atom is 0.407 e. The summed E-state index contributed by atoms with van der Waals surface area (Å²) in [5, 5.41) is 14.6.